The smallest absolute Gasteiger partial charge is 0.290 e. The van der Waals surface area contributed by atoms with Gasteiger partial charge in [0.05, 0.1) is 35.8 Å². The highest BCUT2D eigenvalue weighted by molar-refractivity contribution is 6.42. The van der Waals surface area contributed by atoms with Crippen LogP contribution < -0.4 is 5.32 Å². The zero-order chi connectivity index (χ0) is 19.3. The third-order valence-corrected chi connectivity index (χ3v) is 4.83. The Bertz CT molecular complexity index is 783. The predicted molar refractivity (Wildman–Crippen MR) is 102 cm³/mol. The molecule has 1 aromatic carbocycles. The van der Waals surface area contributed by atoms with Crippen molar-refractivity contribution < 1.29 is 14.3 Å². The molecular weight excluding hydrogens is 375 g/mol. The van der Waals surface area contributed by atoms with E-state index < -0.39 is 0 Å². The summed E-state index contributed by atoms with van der Waals surface area (Å²) in [6, 6.07) is 5.38. The van der Waals surface area contributed by atoms with Crippen molar-refractivity contribution in [1.29, 1.82) is 0 Å². The average Bonchev–Trinajstić information content (AvgIpc) is 2.92. The number of carbonyl (C=O) groups is 2. The molecule has 1 aliphatic heterocycles. The van der Waals surface area contributed by atoms with Gasteiger partial charge in [0.25, 0.3) is 11.8 Å². The van der Waals surface area contributed by atoms with Crippen LogP contribution in [-0.2, 0) is 20.7 Å². The van der Waals surface area contributed by atoms with E-state index in [-0.39, 0.29) is 36.7 Å². The molecule has 1 aliphatic rings. The van der Waals surface area contributed by atoms with Crippen molar-refractivity contribution in [3.05, 3.63) is 45.1 Å². The monoisotopic (exact) mass is 394 g/mol. The summed E-state index contributed by atoms with van der Waals surface area (Å²) in [5.74, 6) is 1.77. The van der Waals surface area contributed by atoms with E-state index in [0.717, 1.165) is 12.0 Å². The second kappa shape index (κ2) is 8.98. The predicted octanol–water partition coefficient (Wildman–Crippen LogP) is 2.81. The molecule has 1 aromatic rings. The minimum Gasteiger partial charge on any atom is -0.491 e. The van der Waals surface area contributed by atoms with Crippen molar-refractivity contribution in [2.24, 2.45) is 0 Å². The lowest BCUT2D eigenvalue weighted by Crippen LogP contribution is -2.35. The van der Waals surface area contributed by atoms with Gasteiger partial charge in [-0.3, -0.25) is 9.59 Å². The molecule has 0 aliphatic carbocycles. The van der Waals surface area contributed by atoms with Crippen molar-refractivity contribution in [2.75, 3.05) is 20.2 Å². The molecule has 7 heteroatoms. The van der Waals surface area contributed by atoms with E-state index in [1.54, 1.807) is 6.07 Å². The number of aryl methyl sites for hydroxylation is 1. The van der Waals surface area contributed by atoms with Crippen LogP contribution >= 0.6 is 23.2 Å². The largest absolute Gasteiger partial charge is 0.491 e. The van der Waals surface area contributed by atoms with Crippen LogP contribution in [0.15, 0.2) is 29.5 Å². The lowest BCUT2D eigenvalue weighted by atomic mass is 10.1. The van der Waals surface area contributed by atoms with Crippen molar-refractivity contribution in [3.63, 3.8) is 0 Å². The maximum absolute atomic E-state index is 12.5. The number of methoxy groups -OCH3 is 1. The number of rotatable bonds is 7. The Hall–Kier alpha value is -2.16. The van der Waals surface area contributed by atoms with E-state index in [1.165, 1.54) is 12.0 Å². The summed E-state index contributed by atoms with van der Waals surface area (Å²) in [5.41, 5.74) is 1.34. The molecule has 1 atom stereocenters. The van der Waals surface area contributed by atoms with Gasteiger partial charge in [-0.15, -0.1) is 6.42 Å². The van der Waals surface area contributed by atoms with Crippen LogP contribution in [0.2, 0.25) is 10.0 Å². The van der Waals surface area contributed by atoms with Crippen LogP contribution in [0.1, 0.15) is 18.9 Å². The molecular formula is C19H20Cl2N2O3. The Labute approximate surface area is 163 Å². The third-order valence-electron chi connectivity index (χ3n) is 4.09. The Balaban J connectivity index is 1.95. The first-order chi connectivity index (χ1) is 12.4. The molecule has 0 radical (unpaired) electrons. The first-order valence-corrected chi connectivity index (χ1v) is 8.87. The van der Waals surface area contributed by atoms with Crippen LogP contribution in [-0.4, -0.2) is 43.0 Å². The highest BCUT2D eigenvalue weighted by Crippen LogP contribution is 2.23. The third kappa shape index (κ3) is 4.72. The maximum Gasteiger partial charge on any atom is 0.290 e. The molecule has 5 nitrogen and oxygen atoms in total. The van der Waals surface area contributed by atoms with Gasteiger partial charge in [0, 0.05) is 6.04 Å². The number of ether oxygens (including phenoxy) is 1. The molecule has 2 rings (SSSR count). The number of amides is 2. The topological polar surface area (TPSA) is 58.6 Å². The second-order valence-corrected chi connectivity index (χ2v) is 6.85. The molecule has 2 amide bonds. The summed E-state index contributed by atoms with van der Waals surface area (Å²) < 4.78 is 5.10. The SMILES string of the molecule is C#CCN1CC(C(=O)NC(C)CCc2ccc(Cl)c(Cl)c2)=C(OC)C1=O. The number of benzene rings is 1. The highest BCUT2D eigenvalue weighted by atomic mass is 35.5. The van der Waals surface area contributed by atoms with Gasteiger partial charge in [-0.05, 0) is 37.5 Å². The number of hydrogen-bond acceptors (Lipinski definition) is 3. The molecule has 1 unspecified atom stereocenters. The Morgan fingerprint density at radius 2 is 2.15 bits per heavy atom. The number of carbonyl (C=O) groups excluding carboxylic acids is 2. The van der Waals surface area contributed by atoms with E-state index in [9.17, 15) is 9.59 Å². The van der Waals surface area contributed by atoms with E-state index in [4.69, 9.17) is 34.4 Å². The van der Waals surface area contributed by atoms with Gasteiger partial charge in [0.2, 0.25) is 0 Å². The van der Waals surface area contributed by atoms with Gasteiger partial charge in [0.15, 0.2) is 5.76 Å². The minimum atomic E-state index is -0.362. The van der Waals surface area contributed by atoms with Gasteiger partial charge in [-0.25, -0.2) is 0 Å². The van der Waals surface area contributed by atoms with Crippen LogP contribution in [0.4, 0.5) is 0 Å². The van der Waals surface area contributed by atoms with E-state index in [2.05, 4.69) is 11.2 Å². The number of hydrogen-bond donors (Lipinski definition) is 1. The fourth-order valence-corrected chi connectivity index (χ4v) is 3.01. The molecule has 1 heterocycles. The minimum absolute atomic E-state index is 0.0504. The molecule has 0 saturated heterocycles. The van der Waals surface area contributed by atoms with E-state index >= 15 is 0 Å². The van der Waals surface area contributed by atoms with Crippen LogP contribution in [0.5, 0.6) is 0 Å². The number of nitrogens with zero attached hydrogens (tertiary/aromatic N) is 1. The standard InChI is InChI=1S/C19H20Cl2N2O3/c1-4-9-23-11-14(17(26-3)19(23)25)18(24)22-12(2)5-6-13-7-8-15(20)16(21)10-13/h1,7-8,10,12H,5-6,9,11H2,2-3H3,(H,22,24). The quantitative estimate of drug-likeness (QED) is 0.723. The van der Waals surface area contributed by atoms with E-state index in [1.807, 2.05) is 19.1 Å². The first-order valence-electron chi connectivity index (χ1n) is 8.12. The lowest BCUT2D eigenvalue weighted by molar-refractivity contribution is -0.127. The van der Waals surface area contributed by atoms with Gasteiger partial charge >= 0.3 is 0 Å². The van der Waals surface area contributed by atoms with Crippen LogP contribution in [0.25, 0.3) is 0 Å². The first kappa shape index (κ1) is 20.2. The molecule has 138 valence electrons. The second-order valence-electron chi connectivity index (χ2n) is 6.04. The zero-order valence-corrected chi connectivity index (χ0v) is 16.2. The summed E-state index contributed by atoms with van der Waals surface area (Å²) >= 11 is 11.9. The van der Waals surface area contributed by atoms with Crippen molar-refractivity contribution in [3.8, 4) is 12.3 Å². The number of halogens is 2. The highest BCUT2D eigenvalue weighted by Gasteiger charge is 2.34. The average molecular weight is 395 g/mol. The summed E-state index contributed by atoms with van der Waals surface area (Å²) in [6.45, 7) is 2.19. The van der Waals surface area contributed by atoms with Crippen molar-refractivity contribution in [2.45, 2.75) is 25.8 Å². The molecule has 0 bridgehead atoms. The molecule has 1 N–H and O–H groups in total. The van der Waals surface area contributed by atoms with E-state index in [0.29, 0.717) is 22.0 Å². The normalized spacial score (nSPS) is 15.0. The Morgan fingerprint density at radius 1 is 1.42 bits per heavy atom. The van der Waals surface area contributed by atoms with Crippen molar-refractivity contribution in [1.82, 2.24) is 10.2 Å². The van der Waals surface area contributed by atoms with Gasteiger partial charge in [-0.2, -0.15) is 0 Å². The number of terminal acetylenes is 1. The molecule has 0 aromatic heterocycles. The van der Waals surface area contributed by atoms with Crippen LogP contribution in [0.3, 0.4) is 0 Å². The fourth-order valence-electron chi connectivity index (χ4n) is 2.69. The number of nitrogens with one attached hydrogen (secondary N) is 1. The summed E-state index contributed by atoms with van der Waals surface area (Å²) in [7, 11) is 1.37. The summed E-state index contributed by atoms with van der Waals surface area (Å²) in [5, 5.41) is 3.92. The molecule has 26 heavy (non-hydrogen) atoms. The van der Waals surface area contributed by atoms with Gasteiger partial charge in [-0.1, -0.05) is 35.2 Å². The maximum atomic E-state index is 12.5. The molecule has 0 fully saturated rings. The summed E-state index contributed by atoms with van der Waals surface area (Å²) in [4.78, 5) is 26.1. The fraction of sp³-hybridized carbons (Fsp3) is 0.368. The summed E-state index contributed by atoms with van der Waals surface area (Å²) in [6.07, 6.45) is 6.70. The lowest BCUT2D eigenvalue weighted by Gasteiger charge is -2.15. The van der Waals surface area contributed by atoms with Crippen LogP contribution in [0, 0.1) is 12.3 Å². The Kier molecular flexibility index (Phi) is 6.96. The molecule has 0 spiro atoms. The van der Waals surface area contributed by atoms with Gasteiger partial charge in [0.1, 0.15) is 0 Å². The molecule has 0 saturated carbocycles. The zero-order valence-electron chi connectivity index (χ0n) is 14.6. The van der Waals surface area contributed by atoms with Crippen molar-refractivity contribution >= 4 is 35.0 Å². The van der Waals surface area contributed by atoms with Gasteiger partial charge < -0.3 is 15.0 Å². The Morgan fingerprint density at radius 3 is 2.77 bits per heavy atom.